The molecule has 1 aliphatic heterocycles. The van der Waals surface area contributed by atoms with Gasteiger partial charge >= 0.3 is 0 Å². The van der Waals surface area contributed by atoms with Crippen LogP contribution in [0.4, 0.5) is 5.69 Å². The SMILES string of the molecule is COc1ccc(OC)c(NC(=O)C2CCCN2)c1. The summed E-state index contributed by atoms with van der Waals surface area (Å²) < 4.78 is 10.4. The lowest BCUT2D eigenvalue weighted by Crippen LogP contribution is -2.35. The summed E-state index contributed by atoms with van der Waals surface area (Å²) in [5, 5.41) is 6.03. The third-order valence-electron chi connectivity index (χ3n) is 3.04. The molecule has 1 heterocycles. The van der Waals surface area contributed by atoms with Crippen LogP contribution >= 0.6 is 0 Å². The molecule has 0 radical (unpaired) electrons. The highest BCUT2D eigenvalue weighted by molar-refractivity contribution is 5.96. The Labute approximate surface area is 106 Å². The maximum atomic E-state index is 12.0. The number of methoxy groups -OCH3 is 2. The van der Waals surface area contributed by atoms with E-state index in [0.717, 1.165) is 19.4 Å². The third kappa shape index (κ3) is 2.73. The molecule has 0 bridgehead atoms. The zero-order valence-electron chi connectivity index (χ0n) is 10.7. The summed E-state index contributed by atoms with van der Waals surface area (Å²) in [5.41, 5.74) is 0.635. The molecule has 1 amide bonds. The van der Waals surface area contributed by atoms with Crippen LogP contribution in [-0.2, 0) is 4.79 Å². The topological polar surface area (TPSA) is 59.6 Å². The molecule has 18 heavy (non-hydrogen) atoms. The van der Waals surface area contributed by atoms with Gasteiger partial charge in [-0.15, -0.1) is 0 Å². The highest BCUT2D eigenvalue weighted by atomic mass is 16.5. The molecule has 1 saturated heterocycles. The van der Waals surface area contributed by atoms with Crippen molar-refractivity contribution >= 4 is 11.6 Å². The van der Waals surface area contributed by atoms with Crippen molar-refractivity contribution in [1.82, 2.24) is 5.32 Å². The smallest absolute Gasteiger partial charge is 0.241 e. The molecule has 98 valence electrons. The number of rotatable bonds is 4. The van der Waals surface area contributed by atoms with Crippen molar-refractivity contribution in [2.45, 2.75) is 18.9 Å². The number of ether oxygens (including phenoxy) is 2. The normalized spacial score (nSPS) is 18.4. The van der Waals surface area contributed by atoms with E-state index in [9.17, 15) is 4.79 Å². The Hall–Kier alpha value is -1.75. The van der Waals surface area contributed by atoms with Crippen LogP contribution in [0.1, 0.15) is 12.8 Å². The van der Waals surface area contributed by atoms with Crippen molar-refractivity contribution in [3.8, 4) is 11.5 Å². The van der Waals surface area contributed by atoms with Crippen LogP contribution in [-0.4, -0.2) is 32.7 Å². The number of benzene rings is 1. The standard InChI is InChI=1S/C13H18N2O3/c1-17-9-5-6-12(18-2)11(8-9)15-13(16)10-4-3-7-14-10/h5-6,8,10,14H,3-4,7H2,1-2H3,(H,15,16). The first-order valence-corrected chi connectivity index (χ1v) is 6.01. The van der Waals surface area contributed by atoms with Crippen LogP contribution in [0.25, 0.3) is 0 Å². The van der Waals surface area contributed by atoms with Crippen LogP contribution in [0.2, 0.25) is 0 Å². The number of carbonyl (C=O) groups is 1. The van der Waals surface area contributed by atoms with Crippen molar-refractivity contribution in [2.75, 3.05) is 26.1 Å². The van der Waals surface area contributed by atoms with Gasteiger partial charge in [-0.2, -0.15) is 0 Å². The Balaban J connectivity index is 2.13. The van der Waals surface area contributed by atoms with Gasteiger partial charge in [-0.25, -0.2) is 0 Å². The van der Waals surface area contributed by atoms with E-state index in [2.05, 4.69) is 10.6 Å². The van der Waals surface area contributed by atoms with Gasteiger partial charge in [-0.3, -0.25) is 4.79 Å². The molecular weight excluding hydrogens is 232 g/mol. The Bertz CT molecular complexity index is 428. The number of hydrogen-bond donors (Lipinski definition) is 2. The van der Waals surface area contributed by atoms with E-state index < -0.39 is 0 Å². The summed E-state index contributed by atoms with van der Waals surface area (Å²) in [4.78, 5) is 12.0. The second-order valence-corrected chi connectivity index (χ2v) is 4.20. The van der Waals surface area contributed by atoms with Gasteiger partial charge in [-0.1, -0.05) is 0 Å². The summed E-state index contributed by atoms with van der Waals surface area (Å²) >= 11 is 0. The first kappa shape index (κ1) is 12.7. The van der Waals surface area contributed by atoms with E-state index in [1.54, 1.807) is 32.4 Å². The average molecular weight is 250 g/mol. The van der Waals surface area contributed by atoms with Gasteiger partial charge in [-0.05, 0) is 31.5 Å². The first-order chi connectivity index (χ1) is 8.74. The van der Waals surface area contributed by atoms with Gasteiger partial charge in [0.15, 0.2) is 0 Å². The number of amides is 1. The largest absolute Gasteiger partial charge is 0.497 e. The van der Waals surface area contributed by atoms with Gasteiger partial charge in [0.05, 0.1) is 25.9 Å². The molecule has 1 aromatic rings. The average Bonchev–Trinajstić information content (AvgIpc) is 2.92. The fourth-order valence-electron chi connectivity index (χ4n) is 2.04. The summed E-state index contributed by atoms with van der Waals surface area (Å²) in [5.74, 6) is 1.28. The second kappa shape index (κ2) is 5.73. The zero-order valence-corrected chi connectivity index (χ0v) is 10.7. The second-order valence-electron chi connectivity index (χ2n) is 4.20. The highest BCUT2D eigenvalue weighted by Gasteiger charge is 2.22. The van der Waals surface area contributed by atoms with Crippen LogP contribution in [0, 0.1) is 0 Å². The summed E-state index contributed by atoms with van der Waals surface area (Å²) in [6, 6.07) is 5.21. The Morgan fingerprint density at radius 2 is 2.22 bits per heavy atom. The molecule has 1 aromatic carbocycles. The maximum absolute atomic E-state index is 12.0. The lowest BCUT2D eigenvalue weighted by Gasteiger charge is -2.14. The number of hydrogen-bond acceptors (Lipinski definition) is 4. The fraction of sp³-hybridized carbons (Fsp3) is 0.462. The molecule has 2 N–H and O–H groups in total. The molecule has 2 rings (SSSR count). The Kier molecular flexibility index (Phi) is 4.04. The minimum Gasteiger partial charge on any atom is -0.497 e. The van der Waals surface area contributed by atoms with Crippen molar-refractivity contribution in [3.05, 3.63) is 18.2 Å². The fourth-order valence-corrected chi connectivity index (χ4v) is 2.04. The predicted molar refractivity (Wildman–Crippen MR) is 69.2 cm³/mol. The highest BCUT2D eigenvalue weighted by Crippen LogP contribution is 2.29. The molecule has 1 aliphatic rings. The molecule has 1 atom stereocenters. The first-order valence-electron chi connectivity index (χ1n) is 6.01. The zero-order chi connectivity index (χ0) is 13.0. The van der Waals surface area contributed by atoms with Gasteiger partial charge in [0.25, 0.3) is 0 Å². The molecule has 1 fully saturated rings. The van der Waals surface area contributed by atoms with Crippen molar-refractivity contribution in [1.29, 1.82) is 0 Å². The number of carbonyl (C=O) groups excluding carboxylic acids is 1. The summed E-state index contributed by atoms with van der Waals surface area (Å²) in [6.07, 6.45) is 1.91. The van der Waals surface area contributed by atoms with Crippen molar-refractivity contribution < 1.29 is 14.3 Å². The quantitative estimate of drug-likeness (QED) is 0.848. The Morgan fingerprint density at radius 1 is 1.39 bits per heavy atom. The minimum absolute atomic E-state index is 0.0287. The molecule has 0 aromatic heterocycles. The van der Waals surface area contributed by atoms with E-state index in [1.807, 2.05) is 0 Å². The van der Waals surface area contributed by atoms with E-state index in [0.29, 0.717) is 17.2 Å². The van der Waals surface area contributed by atoms with Gasteiger partial charge in [0.2, 0.25) is 5.91 Å². The maximum Gasteiger partial charge on any atom is 0.241 e. The molecule has 5 nitrogen and oxygen atoms in total. The molecule has 0 aliphatic carbocycles. The lowest BCUT2D eigenvalue weighted by molar-refractivity contribution is -0.117. The van der Waals surface area contributed by atoms with E-state index in [4.69, 9.17) is 9.47 Å². The van der Waals surface area contributed by atoms with E-state index >= 15 is 0 Å². The number of nitrogens with one attached hydrogen (secondary N) is 2. The summed E-state index contributed by atoms with van der Waals surface area (Å²) in [7, 11) is 3.16. The molecular formula is C13H18N2O3. The predicted octanol–water partition coefficient (Wildman–Crippen LogP) is 1.39. The molecule has 1 unspecified atom stereocenters. The monoisotopic (exact) mass is 250 g/mol. The van der Waals surface area contributed by atoms with E-state index in [1.165, 1.54) is 0 Å². The molecule has 0 saturated carbocycles. The number of anilines is 1. The van der Waals surface area contributed by atoms with Gasteiger partial charge in [0, 0.05) is 6.07 Å². The van der Waals surface area contributed by atoms with E-state index in [-0.39, 0.29) is 11.9 Å². The minimum atomic E-state index is -0.110. The van der Waals surface area contributed by atoms with Crippen molar-refractivity contribution in [3.63, 3.8) is 0 Å². The summed E-state index contributed by atoms with van der Waals surface area (Å²) in [6.45, 7) is 0.896. The van der Waals surface area contributed by atoms with Crippen LogP contribution in [0.3, 0.4) is 0 Å². The molecule has 0 spiro atoms. The van der Waals surface area contributed by atoms with Crippen molar-refractivity contribution in [2.24, 2.45) is 0 Å². The van der Waals surface area contributed by atoms with Crippen LogP contribution < -0.4 is 20.1 Å². The molecule has 5 heteroatoms. The lowest BCUT2D eigenvalue weighted by atomic mass is 10.2. The van der Waals surface area contributed by atoms with Crippen LogP contribution in [0.5, 0.6) is 11.5 Å². The van der Waals surface area contributed by atoms with Gasteiger partial charge in [0.1, 0.15) is 11.5 Å². The Morgan fingerprint density at radius 3 is 2.83 bits per heavy atom. The third-order valence-corrected chi connectivity index (χ3v) is 3.04. The van der Waals surface area contributed by atoms with Crippen LogP contribution in [0.15, 0.2) is 18.2 Å². The van der Waals surface area contributed by atoms with Gasteiger partial charge < -0.3 is 20.1 Å².